The summed E-state index contributed by atoms with van der Waals surface area (Å²) in [4.78, 5) is 21.2. The van der Waals surface area contributed by atoms with Gasteiger partial charge in [-0.2, -0.15) is 0 Å². The van der Waals surface area contributed by atoms with E-state index in [0.717, 1.165) is 36.3 Å². The zero-order valence-corrected chi connectivity index (χ0v) is 14.4. The van der Waals surface area contributed by atoms with Crippen LogP contribution in [-0.4, -0.2) is 39.1 Å². The zero-order valence-electron chi connectivity index (χ0n) is 14.4. The zero-order chi connectivity index (χ0) is 17.4. The van der Waals surface area contributed by atoms with Crippen molar-refractivity contribution in [2.24, 2.45) is 0 Å². The lowest BCUT2D eigenvalue weighted by molar-refractivity contribution is -0.144. The van der Waals surface area contributed by atoms with E-state index in [4.69, 9.17) is 4.74 Å². The predicted octanol–water partition coefficient (Wildman–Crippen LogP) is 2.48. The van der Waals surface area contributed by atoms with Crippen LogP contribution >= 0.6 is 0 Å². The summed E-state index contributed by atoms with van der Waals surface area (Å²) in [5, 5.41) is 9.75. The number of aromatic nitrogens is 2. The topological polar surface area (TPSA) is 78.5 Å². The molecule has 0 fully saturated rings. The van der Waals surface area contributed by atoms with E-state index in [2.05, 4.69) is 22.1 Å². The smallest absolute Gasteiger partial charge is 0.327 e. The molecule has 1 aromatic heterocycles. The fourth-order valence-corrected chi connectivity index (χ4v) is 4.05. The Morgan fingerprint density at radius 2 is 2.16 bits per heavy atom. The van der Waals surface area contributed by atoms with Gasteiger partial charge in [0.2, 0.25) is 0 Å². The third-order valence-electron chi connectivity index (χ3n) is 5.21. The Morgan fingerprint density at radius 1 is 1.36 bits per heavy atom. The molecule has 2 heterocycles. The summed E-state index contributed by atoms with van der Waals surface area (Å²) in [6, 6.07) is 3.66. The fourth-order valence-electron chi connectivity index (χ4n) is 4.05. The van der Waals surface area contributed by atoms with Crippen LogP contribution in [0.25, 0.3) is 0 Å². The number of carbonyl (C=O) groups is 1. The van der Waals surface area contributed by atoms with Gasteiger partial charge in [0, 0.05) is 30.8 Å². The van der Waals surface area contributed by atoms with Crippen LogP contribution in [0.2, 0.25) is 0 Å². The van der Waals surface area contributed by atoms with Gasteiger partial charge in [0.1, 0.15) is 5.75 Å². The van der Waals surface area contributed by atoms with E-state index >= 15 is 0 Å². The molecule has 1 aliphatic heterocycles. The average molecular weight is 341 g/mol. The number of aliphatic carboxylic acids is 1. The van der Waals surface area contributed by atoms with Gasteiger partial charge in [-0.3, -0.25) is 9.69 Å². The fraction of sp³-hybridized carbons (Fsp3) is 0.474. The number of benzene rings is 1. The molecule has 0 bridgehead atoms. The number of ether oxygens (including phenoxy) is 1. The van der Waals surface area contributed by atoms with Crippen molar-refractivity contribution in [3.8, 4) is 5.75 Å². The Kier molecular flexibility index (Phi) is 4.21. The van der Waals surface area contributed by atoms with Gasteiger partial charge in [0.25, 0.3) is 0 Å². The third-order valence-corrected chi connectivity index (χ3v) is 5.21. The quantitative estimate of drug-likeness (QED) is 0.873. The van der Waals surface area contributed by atoms with Crippen LogP contribution in [-0.2, 0) is 30.6 Å². The highest BCUT2D eigenvalue weighted by atomic mass is 16.5. The maximum absolute atomic E-state index is 11.9. The predicted molar refractivity (Wildman–Crippen MR) is 92.7 cm³/mol. The van der Waals surface area contributed by atoms with Crippen LogP contribution in [0.3, 0.4) is 0 Å². The lowest BCUT2D eigenvalue weighted by atomic mass is 10.00. The monoisotopic (exact) mass is 341 g/mol. The van der Waals surface area contributed by atoms with Crippen molar-refractivity contribution >= 4 is 5.97 Å². The Morgan fingerprint density at radius 3 is 2.92 bits per heavy atom. The minimum atomic E-state index is -0.854. The van der Waals surface area contributed by atoms with E-state index in [9.17, 15) is 9.90 Å². The van der Waals surface area contributed by atoms with Crippen LogP contribution in [0.15, 0.2) is 18.5 Å². The number of nitrogens with zero attached hydrogens (tertiary/aromatic N) is 2. The molecule has 2 aromatic rings. The molecule has 25 heavy (non-hydrogen) atoms. The summed E-state index contributed by atoms with van der Waals surface area (Å²) >= 11 is 0. The van der Waals surface area contributed by atoms with Crippen LogP contribution < -0.4 is 4.74 Å². The first kappa shape index (κ1) is 16.1. The number of hydrogen-bond donors (Lipinski definition) is 2. The summed E-state index contributed by atoms with van der Waals surface area (Å²) in [7, 11) is 0. The van der Waals surface area contributed by atoms with Crippen molar-refractivity contribution < 1.29 is 14.6 Å². The second-order valence-electron chi connectivity index (χ2n) is 6.74. The largest absolute Gasteiger partial charge is 0.494 e. The van der Waals surface area contributed by atoms with Gasteiger partial charge in [-0.1, -0.05) is 6.07 Å². The van der Waals surface area contributed by atoms with Gasteiger partial charge < -0.3 is 14.8 Å². The van der Waals surface area contributed by atoms with Crippen molar-refractivity contribution in [2.75, 3.05) is 13.2 Å². The molecule has 0 unspecified atom stereocenters. The molecule has 132 valence electrons. The number of aryl methyl sites for hydroxylation is 2. The maximum atomic E-state index is 11.9. The number of carboxylic acids is 1. The summed E-state index contributed by atoms with van der Waals surface area (Å²) in [5.74, 6) is 0.0345. The second-order valence-corrected chi connectivity index (χ2v) is 6.74. The average Bonchev–Trinajstić information content (AvgIpc) is 3.23. The van der Waals surface area contributed by atoms with E-state index in [1.165, 1.54) is 17.5 Å². The minimum Gasteiger partial charge on any atom is -0.494 e. The molecule has 1 aliphatic carbocycles. The van der Waals surface area contributed by atoms with Crippen LogP contribution in [0, 0.1) is 0 Å². The molecule has 2 N–H and O–H groups in total. The van der Waals surface area contributed by atoms with Crippen molar-refractivity contribution in [3.63, 3.8) is 0 Å². The second kappa shape index (κ2) is 6.52. The first-order valence-corrected chi connectivity index (χ1v) is 8.94. The Hall–Kier alpha value is -2.34. The van der Waals surface area contributed by atoms with Gasteiger partial charge in [-0.05, 0) is 43.4 Å². The van der Waals surface area contributed by atoms with Gasteiger partial charge >= 0.3 is 5.97 Å². The van der Waals surface area contributed by atoms with Gasteiger partial charge in [0.15, 0.2) is 6.04 Å². The molecule has 1 atom stereocenters. The molecule has 0 saturated carbocycles. The molecular weight excluding hydrogens is 318 g/mol. The Bertz CT molecular complexity index is 799. The summed E-state index contributed by atoms with van der Waals surface area (Å²) in [6.45, 7) is 3.84. The number of hydrogen-bond acceptors (Lipinski definition) is 4. The molecule has 0 amide bonds. The van der Waals surface area contributed by atoms with Crippen molar-refractivity contribution in [1.29, 1.82) is 0 Å². The van der Waals surface area contributed by atoms with Gasteiger partial charge in [-0.15, -0.1) is 0 Å². The van der Waals surface area contributed by atoms with Crippen molar-refractivity contribution in [3.05, 3.63) is 46.5 Å². The number of H-pyrrole nitrogens is 1. The van der Waals surface area contributed by atoms with E-state index in [1.54, 1.807) is 6.33 Å². The SMILES string of the molecule is CCOc1cc2c(cc1CN1CCc3[nH]cnc3[C@@H]1C(=O)O)CCC2. The van der Waals surface area contributed by atoms with Crippen molar-refractivity contribution in [1.82, 2.24) is 14.9 Å². The van der Waals surface area contributed by atoms with Crippen LogP contribution in [0.4, 0.5) is 0 Å². The van der Waals surface area contributed by atoms with E-state index in [0.29, 0.717) is 25.4 Å². The maximum Gasteiger partial charge on any atom is 0.327 e. The van der Waals surface area contributed by atoms with Crippen LogP contribution in [0.1, 0.15) is 47.5 Å². The summed E-state index contributed by atoms with van der Waals surface area (Å²) in [6.07, 6.45) is 5.76. The first-order chi connectivity index (χ1) is 12.2. The number of nitrogens with one attached hydrogen (secondary N) is 1. The molecule has 0 saturated heterocycles. The molecule has 0 spiro atoms. The van der Waals surface area contributed by atoms with Gasteiger partial charge in [-0.25, -0.2) is 4.98 Å². The normalized spacial score (nSPS) is 19.5. The van der Waals surface area contributed by atoms with E-state index in [1.807, 2.05) is 11.8 Å². The number of aromatic amines is 1. The highest BCUT2D eigenvalue weighted by molar-refractivity contribution is 5.75. The summed E-state index contributed by atoms with van der Waals surface area (Å²) < 4.78 is 5.86. The standard InChI is InChI=1S/C19H23N3O3/c1-2-25-16-9-13-5-3-4-12(13)8-14(16)10-22-7-6-15-17(21-11-20-15)18(22)19(23)24/h8-9,11,18H,2-7,10H2,1H3,(H,20,21)(H,23,24)/t18-/m1/s1. The molecular formula is C19H23N3O3. The molecule has 6 nitrogen and oxygen atoms in total. The highest BCUT2D eigenvalue weighted by Gasteiger charge is 2.35. The highest BCUT2D eigenvalue weighted by Crippen LogP contribution is 2.34. The molecule has 2 aliphatic rings. The molecule has 4 rings (SSSR count). The molecule has 0 radical (unpaired) electrons. The van der Waals surface area contributed by atoms with E-state index < -0.39 is 12.0 Å². The summed E-state index contributed by atoms with van der Waals surface area (Å²) in [5.41, 5.74) is 5.39. The Labute approximate surface area is 146 Å². The molecule has 1 aromatic carbocycles. The first-order valence-electron chi connectivity index (χ1n) is 8.94. The molecule has 6 heteroatoms. The Balaban J connectivity index is 1.66. The lowest BCUT2D eigenvalue weighted by Gasteiger charge is -2.32. The lowest BCUT2D eigenvalue weighted by Crippen LogP contribution is -2.39. The van der Waals surface area contributed by atoms with Crippen LogP contribution in [0.5, 0.6) is 5.75 Å². The van der Waals surface area contributed by atoms with Gasteiger partial charge in [0.05, 0.1) is 18.6 Å². The van der Waals surface area contributed by atoms with Crippen molar-refractivity contribution in [2.45, 2.75) is 45.2 Å². The number of rotatable bonds is 5. The number of fused-ring (bicyclic) bond motifs is 2. The number of carboxylic acid groups (broad SMARTS) is 1. The third kappa shape index (κ3) is 2.91. The van der Waals surface area contributed by atoms with E-state index in [-0.39, 0.29) is 0 Å². The minimum absolute atomic E-state index is 0.561. The number of imidazole rings is 1.